The third-order valence-electron chi connectivity index (χ3n) is 2.87. The molecule has 0 radical (unpaired) electrons. The zero-order valence-corrected chi connectivity index (χ0v) is 11.7. The molecule has 0 aliphatic carbocycles. The zero-order chi connectivity index (χ0) is 13.0. The van der Waals surface area contributed by atoms with Crippen molar-refractivity contribution in [2.75, 3.05) is 7.05 Å². The molecule has 0 saturated carbocycles. The molecule has 2 aromatic heterocycles. The number of thiophene rings is 1. The lowest BCUT2D eigenvalue weighted by atomic mass is 10.2. The molecule has 0 unspecified atom stereocenters. The first-order chi connectivity index (χ1) is 8.69. The van der Waals surface area contributed by atoms with Gasteiger partial charge < -0.3 is 5.73 Å². The summed E-state index contributed by atoms with van der Waals surface area (Å²) in [5, 5.41) is 0. The molecule has 0 aliphatic heterocycles. The maximum Gasteiger partial charge on any atom is 0.0543 e. The van der Waals surface area contributed by atoms with Crippen LogP contribution in [0.4, 0.5) is 0 Å². The lowest BCUT2D eigenvalue weighted by molar-refractivity contribution is 0.315. The van der Waals surface area contributed by atoms with E-state index in [1.54, 1.807) is 11.3 Å². The van der Waals surface area contributed by atoms with Gasteiger partial charge in [0.05, 0.1) is 5.69 Å². The number of rotatable bonds is 5. The van der Waals surface area contributed by atoms with Crippen LogP contribution in [0.5, 0.6) is 0 Å². The number of hydrogen-bond donors (Lipinski definition) is 1. The maximum atomic E-state index is 5.67. The molecule has 2 heterocycles. The van der Waals surface area contributed by atoms with Crippen molar-refractivity contribution in [1.82, 2.24) is 9.88 Å². The van der Waals surface area contributed by atoms with E-state index in [0.717, 1.165) is 18.8 Å². The highest BCUT2D eigenvalue weighted by Gasteiger charge is 2.08. The summed E-state index contributed by atoms with van der Waals surface area (Å²) in [4.78, 5) is 9.24. The van der Waals surface area contributed by atoms with Crippen LogP contribution in [-0.2, 0) is 19.6 Å². The second-order valence-electron chi connectivity index (χ2n) is 4.49. The van der Waals surface area contributed by atoms with Crippen LogP contribution in [-0.4, -0.2) is 16.9 Å². The number of hydrogen-bond acceptors (Lipinski definition) is 4. The molecule has 2 rings (SSSR count). The minimum atomic E-state index is 0.634. The number of pyridine rings is 1. The van der Waals surface area contributed by atoms with Gasteiger partial charge in [0, 0.05) is 35.6 Å². The SMILES string of the molecule is Cc1sc(CN)cc1CN(C)Cc1ccccn1. The van der Waals surface area contributed by atoms with Crippen molar-refractivity contribution in [1.29, 1.82) is 0 Å². The molecule has 18 heavy (non-hydrogen) atoms. The number of aromatic nitrogens is 1. The van der Waals surface area contributed by atoms with E-state index in [-0.39, 0.29) is 0 Å². The van der Waals surface area contributed by atoms with E-state index in [1.807, 2.05) is 18.3 Å². The Morgan fingerprint density at radius 2 is 2.17 bits per heavy atom. The molecular weight excluding hydrogens is 242 g/mol. The maximum absolute atomic E-state index is 5.67. The molecule has 0 bridgehead atoms. The molecule has 2 N–H and O–H groups in total. The third-order valence-corrected chi connectivity index (χ3v) is 3.99. The average Bonchev–Trinajstić information content (AvgIpc) is 2.71. The largest absolute Gasteiger partial charge is 0.326 e. The quantitative estimate of drug-likeness (QED) is 0.899. The fraction of sp³-hybridized carbons (Fsp3) is 0.357. The van der Waals surface area contributed by atoms with Crippen molar-refractivity contribution in [3.05, 3.63) is 51.5 Å². The van der Waals surface area contributed by atoms with Gasteiger partial charge in [0.15, 0.2) is 0 Å². The van der Waals surface area contributed by atoms with E-state index in [0.29, 0.717) is 6.54 Å². The fourth-order valence-electron chi connectivity index (χ4n) is 1.96. The molecule has 0 aromatic carbocycles. The first-order valence-electron chi connectivity index (χ1n) is 6.05. The second-order valence-corrected chi connectivity index (χ2v) is 5.83. The molecule has 0 spiro atoms. The summed E-state index contributed by atoms with van der Waals surface area (Å²) in [7, 11) is 2.12. The van der Waals surface area contributed by atoms with E-state index in [2.05, 4.69) is 36.0 Å². The molecule has 0 atom stereocenters. The van der Waals surface area contributed by atoms with Crippen molar-refractivity contribution in [3.8, 4) is 0 Å². The van der Waals surface area contributed by atoms with Crippen LogP contribution in [0.2, 0.25) is 0 Å². The third kappa shape index (κ3) is 3.38. The summed E-state index contributed by atoms with van der Waals surface area (Å²) in [6.07, 6.45) is 1.84. The van der Waals surface area contributed by atoms with Gasteiger partial charge in [0.2, 0.25) is 0 Å². The summed E-state index contributed by atoms with van der Waals surface area (Å²) >= 11 is 1.80. The summed E-state index contributed by atoms with van der Waals surface area (Å²) in [6.45, 7) is 4.61. The van der Waals surface area contributed by atoms with Gasteiger partial charge in [0.25, 0.3) is 0 Å². The van der Waals surface area contributed by atoms with Crippen molar-refractivity contribution >= 4 is 11.3 Å². The lowest BCUT2D eigenvalue weighted by Crippen LogP contribution is -2.18. The number of nitrogens with zero attached hydrogens (tertiary/aromatic N) is 2. The van der Waals surface area contributed by atoms with Crippen LogP contribution < -0.4 is 5.73 Å². The summed E-state index contributed by atoms with van der Waals surface area (Å²) in [5.74, 6) is 0. The Morgan fingerprint density at radius 3 is 2.78 bits per heavy atom. The van der Waals surface area contributed by atoms with Gasteiger partial charge in [-0.15, -0.1) is 11.3 Å². The van der Waals surface area contributed by atoms with Crippen LogP contribution in [0.15, 0.2) is 30.5 Å². The highest BCUT2D eigenvalue weighted by molar-refractivity contribution is 7.12. The van der Waals surface area contributed by atoms with Crippen molar-refractivity contribution in [3.63, 3.8) is 0 Å². The monoisotopic (exact) mass is 261 g/mol. The van der Waals surface area contributed by atoms with Crippen LogP contribution in [0, 0.1) is 6.92 Å². The van der Waals surface area contributed by atoms with Crippen LogP contribution in [0.3, 0.4) is 0 Å². The van der Waals surface area contributed by atoms with Gasteiger partial charge in [-0.3, -0.25) is 9.88 Å². The highest BCUT2D eigenvalue weighted by atomic mass is 32.1. The van der Waals surface area contributed by atoms with Gasteiger partial charge >= 0.3 is 0 Å². The predicted molar refractivity (Wildman–Crippen MR) is 76.4 cm³/mol. The minimum Gasteiger partial charge on any atom is -0.326 e. The van der Waals surface area contributed by atoms with E-state index in [9.17, 15) is 0 Å². The Labute approximate surface area is 112 Å². The Morgan fingerprint density at radius 1 is 1.33 bits per heavy atom. The topological polar surface area (TPSA) is 42.1 Å². The van der Waals surface area contributed by atoms with Gasteiger partial charge in [-0.25, -0.2) is 0 Å². The number of aryl methyl sites for hydroxylation is 1. The fourth-order valence-corrected chi connectivity index (χ4v) is 2.89. The Kier molecular flexibility index (Phi) is 4.47. The van der Waals surface area contributed by atoms with Crippen molar-refractivity contribution < 1.29 is 0 Å². The molecule has 4 heteroatoms. The second kappa shape index (κ2) is 6.09. The van der Waals surface area contributed by atoms with E-state index in [1.165, 1.54) is 15.3 Å². The highest BCUT2D eigenvalue weighted by Crippen LogP contribution is 2.22. The Bertz CT molecular complexity index is 493. The summed E-state index contributed by atoms with van der Waals surface area (Å²) in [6, 6.07) is 8.25. The first kappa shape index (κ1) is 13.2. The van der Waals surface area contributed by atoms with Crippen LogP contribution in [0.1, 0.15) is 21.0 Å². The van der Waals surface area contributed by atoms with Crippen LogP contribution >= 0.6 is 11.3 Å². The molecule has 0 saturated heterocycles. The summed E-state index contributed by atoms with van der Waals surface area (Å²) < 4.78 is 0. The van der Waals surface area contributed by atoms with Crippen LogP contribution in [0.25, 0.3) is 0 Å². The number of nitrogens with two attached hydrogens (primary N) is 1. The van der Waals surface area contributed by atoms with E-state index < -0.39 is 0 Å². The molecular formula is C14H19N3S. The minimum absolute atomic E-state index is 0.634. The molecule has 2 aromatic rings. The zero-order valence-electron chi connectivity index (χ0n) is 10.9. The van der Waals surface area contributed by atoms with E-state index in [4.69, 9.17) is 5.73 Å². The molecule has 96 valence electrons. The van der Waals surface area contributed by atoms with E-state index >= 15 is 0 Å². The van der Waals surface area contributed by atoms with Gasteiger partial charge in [0.1, 0.15) is 0 Å². The lowest BCUT2D eigenvalue weighted by Gasteiger charge is -2.15. The molecule has 3 nitrogen and oxygen atoms in total. The Balaban J connectivity index is 1.98. The first-order valence-corrected chi connectivity index (χ1v) is 6.87. The van der Waals surface area contributed by atoms with Gasteiger partial charge in [-0.1, -0.05) is 6.07 Å². The molecule has 0 fully saturated rings. The van der Waals surface area contributed by atoms with Crippen molar-refractivity contribution in [2.45, 2.75) is 26.6 Å². The van der Waals surface area contributed by atoms with Gasteiger partial charge in [-0.2, -0.15) is 0 Å². The van der Waals surface area contributed by atoms with Gasteiger partial charge in [-0.05, 0) is 37.7 Å². The molecule has 0 amide bonds. The smallest absolute Gasteiger partial charge is 0.0543 e. The predicted octanol–water partition coefficient (Wildman–Crippen LogP) is 2.54. The molecule has 0 aliphatic rings. The summed E-state index contributed by atoms with van der Waals surface area (Å²) in [5.41, 5.74) is 8.15. The van der Waals surface area contributed by atoms with Crippen molar-refractivity contribution in [2.24, 2.45) is 5.73 Å². The average molecular weight is 261 g/mol. The standard InChI is InChI=1S/C14H19N3S/c1-11-12(7-14(8-15)18-11)9-17(2)10-13-5-3-4-6-16-13/h3-7H,8-10,15H2,1-2H3. The normalized spacial score (nSPS) is 11.1. The Hall–Kier alpha value is -1.23.